The van der Waals surface area contributed by atoms with E-state index in [-0.39, 0.29) is 5.78 Å². The molecule has 1 heterocycles. The van der Waals surface area contributed by atoms with Gasteiger partial charge in [-0.05, 0) is 6.07 Å². The third-order valence-corrected chi connectivity index (χ3v) is 2.67. The van der Waals surface area contributed by atoms with E-state index in [9.17, 15) is 4.79 Å². The number of hydrogen-bond donors (Lipinski definition) is 0. The van der Waals surface area contributed by atoms with E-state index in [2.05, 4.69) is 10.2 Å². The molecule has 0 fully saturated rings. The summed E-state index contributed by atoms with van der Waals surface area (Å²) < 4.78 is 0. The van der Waals surface area contributed by atoms with Gasteiger partial charge in [0, 0.05) is 16.5 Å². The van der Waals surface area contributed by atoms with Crippen LogP contribution in [0.2, 0.25) is 0 Å². The Bertz CT molecular complexity index is 556. The number of Topliss-reactive ketones (excluding diaryl/α,β-unsaturated/α-hetero) is 1. The largest absolute Gasteiger partial charge is 0.294 e. The van der Waals surface area contributed by atoms with Gasteiger partial charge in [0.05, 0.1) is 11.9 Å². The van der Waals surface area contributed by atoms with Crippen LogP contribution in [0.5, 0.6) is 0 Å². The molecule has 0 spiro atoms. The molecule has 2 rings (SSSR count). The van der Waals surface area contributed by atoms with Gasteiger partial charge in [-0.2, -0.15) is 10.2 Å². The Kier molecular flexibility index (Phi) is 3.24. The molecule has 3 nitrogen and oxygen atoms in total. The molecular weight excluding hydrogens is 224 g/mol. The molecule has 0 saturated carbocycles. The van der Waals surface area contributed by atoms with Crippen molar-refractivity contribution in [2.45, 2.75) is 20.8 Å². The van der Waals surface area contributed by atoms with Crippen LogP contribution in [0.1, 0.15) is 31.1 Å². The number of hydrogen-bond acceptors (Lipinski definition) is 3. The van der Waals surface area contributed by atoms with Crippen LogP contribution in [0.3, 0.4) is 0 Å². The van der Waals surface area contributed by atoms with Crippen LogP contribution in [0.15, 0.2) is 42.6 Å². The molecule has 0 aliphatic carbocycles. The summed E-state index contributed by atoms with van der Waals surface area (Å²) in [7, 11) is 0. The number of carbonyl (C=O) groups excluding carboxylic acids is 1. The number of aromatic nitrogens is 2. The SMILES string of the molecule is CC(C)(C)C(=O)c1cnnc(-c2ccccc2)c1. The van der Waals surface area contributed by atoms with Gasteiger partial charge in [-0.3, -0.25) is 4.79 Å². The summed E-state index contributed by atoms with van der Waals surface area (Å²) in [5.41, 5.74) is 1.90. The average molecular weight is 240 g/mol. The quantitative estimate of drug-likeness (QED) is 0.756. The molecule has 0 N–H and O–H groups in total. The van der Waals surface area contributed by atoms with E-state index in [1.165, 1.54) is 6.20 Å². The van der Waals surface area contributed by atoms with E-state index in [4.69, 9.17) is 0 Å². The molecule has 1 aromatic heterocycles. The maximum atomic E-state index is 12.2. The molecular formula is C15H16N2O. The second kappa shape index (κ2) is 4.69. The van der Waals surface area contributed by atoms with Crippen molar-refractivity contribution in [2.24, 2.45) is 5.41 Å². The molecule has 0 aliphatic rings. The van der Waals surface area contributed by atoms with Crippen molar-refractivity contribution >= 4 is 5.78 Å². The van der Waals surface area contributed by atoms with Crippen LogP contribution in [0, 0.1) is 5.41 Å². The van der Waals surface area contributed by atoms with Gasteiger partial charge in [-0.25, -0.2) is 0 Å². The van der Waals surface area contributed by atoms with Crippen molar-refractivity contribution in [1.82, 2.24) is 10.2 Å². The van der Waals surface area contributed by atoms with Crippen molar-refractivity contribution in [3.05, 3.63) is 48.2 Å². The Morgan fingerprint density at radius 3 is 2.39 bits per heavy atom. The Morgan fingerprint density at radius 1 is 1.11 bits per heavy atom. The lowest BCUT2D eigenvalue weighted by molar-refractivity contribution is 0.0858. The first-order chi connectivity index (χ1) is 8.48. The summed E-state index contributed by atoms with van der Waals surface area (Å²) in [5, 5.41) is 8.00. The van der Waals surface area contributed by atoms with Gasteiger partial charge < -0.3 is 0 Å². The van der Waals surface area contributed by atoms with Crippen LogP contribution in [0.4, 0.5) is 0 Å². The van der Waals surface area contributed by atoms with E-state index < -0.39 is 5.41 Å². The van der Waals surface area contributed by atoms with Crippen LogP contribution >= 0.6 is 0 Å². The fraction of sp³-hybridized carbons (Fsp3) is 0.267. The molecule has 0 atom stereocenters. The summed E-state index contributed by atoms with van der Waals surface area (Å²) in [5.74, 6) is 0.0783. The first-order valence-corrected chi connectivity index (χ1v) is 5.91. The van der Waals surface area contributed by atoms with Gasteiger partial charge in [-0.1, -0.05) is 51.1 Å². The molecule has 0 amide bonds. The first kappa shape index (κ1) is 12.4. The van der Waals surface area contributed by atoms with Gasteiger partial charge in [0.2, 0.25) is 0 Å². The Balaban J connectivity index is 2.41. The normalized spacial score (nSPS) is 11.3. The highest BCUT2D eigenvalue weighted by Crippen LogP contribution is 2.23. The predicted octanol–water partition coefficient (Wildman–Crippen LogP) is 3.37. The van der Waals surface area contributed by atoms with Crippen molar-refractivity contribution in [1.29, 1.82) is 0 Å². The Morgan fingerprint density at radius 2 is 1.78 bits per heavy atom. The molecule has 1 aromatic carbocycles. The molecule has 0 bridgehead atoms. The minimum Gasteiger partial charge on any atom is -0.294 e. The van der Waals surface area contributed by atoms with Gasteiger partial charge in [0.15, 0.2) is 5.78 Å². The second-order valence-corrected chi connectivity index (χ2v) is 5.27. The van der Waals surface area contributed by atoms with Crippen LogP contribution in [0.25, 0.3) is 11.3 Å². The summed E-state index contributed by atoms with van der Waals surface area (Å²) in [6, 6.07) is 11.5. The maximum Gasteiger partial charge on any atom is 0.169 e. The molecule has 0 unspecified atom stereocenters. The Hall–Kier alpha value is -2.03. The topological polar surface area (TPSA) is 42.9 Å². The lowest BCUT2D eigenvalue weighted by atomic mass is 9.87. The summed E-state index contributed by atoms with van der Waals surface area (Å²) in [6.07, 6.45) is 1.53. The van der Waals surface area contributed by atoms with Crippen LogP contribution in [-0.2, 0) is 0 Å². The molecule has 3 heteroatoms. The second-order valence-electron chi connectivity index (χ2n) is 5.27. The van der Waals surface area contributed by atoms with Gasteiger partial charge in [0.25, 0.3) is 0 Å². The number of benzene rings is 1. The lowest BCUT2D eigenvalue weighted by Gasteiger charge is -2.16. The fourth-order valence-electron chi connectivity index (χ4n) is 1.67. The first-order valence-electron chi connectivity index (χ1n) is 5.91. The third-order valence-electron chi connectivity index (χ3n) is 2.67. The lowest BCUT2D eigenvalue weighted by Crippen LogP contribution is -2.20. The van der Waals surface area contributed by atoms with Crippen LogP contribution < -0.4 is 0 Å². The van der Waals surface area contributed by atoms with Crippen molar-refractivity contribution in [3.63, 3.8) is 0 Å². The number of carbonyl (C=O) groups is 1. The zero-order valence-electron chi connectivity index (χ0n) is 10.8. The van der Waals surface area contributed by atoms with Gasteiger partial charge in [-0.15, -0.1) is 0 Å². The molecule has 18 heavy (non-hydrogen) atoms. The monoisotopic (exact) mass is 240 g/mol. The molecule has 0 saturated heterocycles. The summed E-state index contributed by atoms with van der Waals surface area (Å²) >= 11 is 0. The minimum absolute atomic E-state index is 0.0783. The highest BCUT2D eigenvalue weighted by molar-refractivity contribution is 6.00. The van der Waals surface area contributed by atoms with Crippen molar-refractivity contribution in [3.8, 4) is 11.3 Å². The number of ketones is 1. The van der Waals surface area contributed by atoms with Crippen molar-refractivity contribution in [2.75, 3.05) is 0 Å². The van der Waals surface area contributed by atoms with E-state index in [0.717, 1.165) is 11.3 Å². The molecule has 92 valence electrons. The summed E-state index contributed by atoms with van der Waals surface area (Å²) in [4.78, 5) is 12.2. The zero-order valence-corrected chi connectivity index (χ0v) is 10.8. The fourth-order valence-corrected chi connectivity index (χ4v) is 1.67. The highest BCUT2D eigenvalue weighted by Gasteiger charge is 2.23. The van der Waals surface area contributed by atoms with Gasteiger partial charge in [0.1, 0.15) is 0 Å². The molecule has 0 aliphatic heterocycles. The van der Waals surface area contributed by atoms with E-state index >= 15 is 0 Å². The zero-order chi connectivity index (χ0) is 13.2. The smallest absolute Gasteiger partial charge is 0.169 e. The van der Waals surface area contributed by atoms with Gasteiger partial charge >= 0.3 is 0 Å². The average Bonchev–Trinajstić information content (AvgIpc) is 2.38. The van der Waals surface area contributed by atoms with E-state index in [0.29, 0.717) is 5.56 Å². The van der Waals surface area contributed by atoms with E-state index in [1.54, 1.807) is 6.07 Å². The third kappa shape index (κ3) is 2.62. The molecule has 0 radical (unpaired) electrons. The maximum absolute atomic E-state index is 12.2. The predicted molar refractivity (Wildman–Crippen MR) is 71.3 cm³/mol. The number of rotatable bonds is 2. The standard InChI is InChI=1S/C15H16N2O/c1-15(2,3)14(18)12-9-13(17-16-10-12)11-7-5-4-6-8-11/h4-10H,1-3H3. The van der Waals surface area contributed by atoms with E-state index in [1.807, 2.05) is 51.1 Å². The minimum atomic E-state index is -0.406. The molecule has 2 aromatic rings. The van der Waals surface area contributed by atoms with Crippen LogP contribution in [-0.4, -0.2) is 16.0 Å². The highest BCUT2D eigenvalue weighted by atomic mass is 16.1. The Labute approximate surface area is 107 Å². The number of nitrogens with zero attached hydrogens (tertiary/aromatic N) is 2. The van der Waals surface area contributed by atoms with Crippen molar-refractivity contribution < 1.29 is 4.79 Å². The summed E-state index contributed by atoms with van der Waals surface area (Å²) in [6.45, 7) is 5.70.